The third kappa shape index (κ3) is 2.74. The number of rotatable bonds is 3. The van der Waals surface area contributed by atoms with Gasteiger partial charge in [-0.05, 0) is 47.1 Å². The summed E-state index contributed by atoms with van der Waals surface area (Å²) in [6, 6.07) is 3.83. The van der Waals surface area contributed by atoms with Crippen LogP contribution in [-0.2, 0) is 0 Å². The summed E-state index contributed by atoms with van der Waals surface area (Å²) in [6.07, 6.45) is 3.20. The first-order valence-electron chi connectivity index (χ1n) is 5.19. The molecule has 2 N–H and O–H groups in total. The lowest BCUT2D eigenvalue weighted by Gasteiger charge is -2.28. The van der Waals surface area contributed by atoms with Crippen LogP contribution in [0.3, 0.4) is 0 Å². The van der Waals surface area contributed by atoms with Crippen molar-refractivity contribution < 1.29 is 4.39 Å². The highest BCUT2D eigenvalue weighted by molar-refractivity contribution is 14.1. The molecule has 2 nitrogen and oxygen atoms in total. The van der Waals surface area contributed by atoms with Crippen LogP contribution in [0.25, 0.3) is 0 Å². The molecular weight excluding hydrogens is 338 g/mol. The van der Waals surface area contributed by atoms with E-state index in [0.29, 0.717) is 9.61 Å². The van der Waals surface area contributed by atoms with E-state index in [1.165, 1.54) is 0 Å². The topological polar surface area (TPSA) is 24.1 Å². The number of fused-ring (bicyclic) bond motifs is 1. The van der Waals surface area contributed by atoms with Gasteiger partial charge in [0.05, 0.1) is 14.9 Å². The van der Waals surface area contributed by atoms with Gasteiger partial charge in [-0.2, -0.15) is 11.8 Å². The first-order valence-corrected chi connectivity index (χ1v) is 7.66. The molecule has 1 aromatic rings. The fraction of sp³-hybridized carbons (Fsp3) is 0.455. The smallest absolute Gasteiger partial charge is 0.138 e. The number of benzene rings is 1. The Labute approximate surface area is 113 Å². The Kier molecular flexibility index (Phi) is 4.18. The molecule has 0 saturated carbocycles. The zero-order valence-corrected chi connectivity index (χ0v) is 12.0. The summed E-state index contributed by atoms with van der Waals surface area (Å²) in [5.41, 5.74) is 1.89. The summed E-state index contributed by atoms with van der Waals surface area (Å²) in [7, 11) is 0. The van der Waals surface area contributed by atoms with Crippen molar-refractivity contribution in [1.29, 1.82) is 0 Å². The molecule has 1 aliphatic heterocycles. The second kappa shape index (κ2) is 5.44. The fourth-order valence-electron chi connectivity index (χ4n) is 1.75. The van der Waals surface area contributed by atoms with Crippen molar-refractivity contribution in [3.8, 4) is 0 Å². The summed E-state index contributed by atoms with van der Waals surface area (Å²) < 4.78 is 14.1. The third-order valence-electron chi connectivity index (χ3n) is 2.63. The van der Waals surface area contributed by atoms with Crippen LogP contribution in [0.4, 0.5) is 15.8 Å². The number of thioether (sulfide) groups is 1. The molecule has 1 aromatic carbocycles. The Bertz CT molecular complexity index is 386. The fourth-order valence-corrected chi connectivity index (χ4v) is 2.74. The number of halogens is 2. The van der Waals surface area contributed by atoms with E-state index in [1.807, 2.05) is 40.4 Å². The average Bonchev–Trinajstić information content (AvgIpc) is 2.28. The lowest BCUT2D eigenvalue weighted by Crippen LogP contribution is -2.33. The van der Waals surface area contributed by atoms with Crippen LogP contribution in [-0.4, -0.2) is 24.6 Å². The Morgan fingerprint density at radius 1 is 1.50 bits per heavy atom. The van der Waals surface area contributed by atoms with Gasteiger partial charge in [-0.15, -0.1) is 0 Å². The average molecular weight is 352 g/mol. The molecule has 0 aromatic heterocycles. The van der Waals surface area contributed by atoms with Crippen molar-refractivity contribution in [2.45, 2.75) is 12.5 Å². The van der Waals surface area contributed by atoms with Crippen LogP contribution in [0.5, 0.6) is 0 Å². The Morgan fingerprint density at radius 2 is 2.31 bits per heavy atom. The lowest BCUT2D eigenvalue weighted by atomic mass is 10.1. The van der Waals surface area contributed by atoms with E-state index >= 15 is 0 Å². The molecule has 88 valence electrons. The van der Waals surface area contributed by atoms with Gasteiger partial charge in [0.2, 0.25) is 0 Å². The predicted molar refractivity (Wildman–Crippen MR) is 78.0 cm³/mol. The van der Waals surface area contributed by atoms with E-state index < -0.39 is 0 Å². The van der Waals surface area contributed by atoms with Crippen molar-refractivity contribution in [1.82, 2.24) is 0 Å². The van der Waals surface area contributed by atoms with Gasteiger partial charge < -0.3 is 10.6 Å². The largest absolute Gasteiger partial charge is 0.381 e. The zero-order valence-electron chi connectivity index (χ0n) is 9.02. The van der Waals surface area contributed by atoms with E-state index in [-0.39, 0.29) is 5.82 Å². The molecule has 5 heteroatoms. The number of nitrogens with one attached hydrogen (secondary N) is 2. The highest BCUT2D eigenvalue weighted by Crippen LogP contribution is 2.30. The van der Waals surface area contributed by atoms with Crippen molar-refractivity contribution in [2.24, 2.45) is 0 Å². The highest BCUT2D eigenvalue weighted by atomic mass is 127. The molecule has 0 bridgehead atoms. The van der Waals surface area contributed by atoms with Crippen LogP contribution in [0, 0.1) is 9.39 Å². The highest BCUT2D eigenvalue weighted by Gasteiger charge is 2.18. The second-order valence-corrected chi connectivity index (χ2v) is 5.96. The molecule has 0 radical (unpaired) electrons. The minimum Gasteiger partial charge on any atom is -0.381 e. The number of hydrogen-bond acceptors (Lipinski definition) is 3. The van der Waals surface area contributed by atoms with E-state index in [0.717, 1.165) is 30.1 Å². The van der Waals surface area contributed by atoms with Gasteiger partial charge >= 0.3 is 0 Å². The first-order chi connectivity index (χ1) is 7.70. The lowest BCUT2D eigenvalue weighted by molar-refractivity contribution is 0.619. The molecule has 1 atom stereocenters. The third-order valence-corrected chi connectivity index (χ3v) is 4.10. The maximum absolute atomic E-state index is 13.4. The van der Waals surface area contributed by atoms with E-state index in [4.69, 9.17) is 0 Å². The van der Waals surface area contributed by atoms with Crippen LogP contribution in [0.2, 0.25) is 0 Å². The normalized spacial score (nSPS) is 18.6. The molecule has 0 fully saturated rings. The molecule has 2 rings (SSSR count). The first kappa shape index (κ1) is 12.3. The molecule has 1 heterocycles. The molecule has 0 spiro atoms. The minimum absolute atomic E-state index is 0.154. The standard InChI is InChI=1S/C11H14FIN2S/c1-16-3-2-7-6-14-10-5-9(13)8(12)4-11(10)15-7/h4-5,7,14-15H,2-3,6H2,1H3. The van der Waals surface area contributed by atoms with Crippen molar-refractivity contribution in [3.63, 3.8) is 0 Å². The molecule has 0 aliphatic carbocycles. The molecule has 0 saturated heterocycles. The van der Waals surface area contributed by atoms with Gasteiger partial charge in [-0.1, -0.05) is 0 Å². The van der Waals surface area contributed by atoms with Crippen LogP contribution < -0.4 is 10.6 Å². The van der Waals surface area contributed by atoms with Crippen molar-refractivity contribution in [3.05, 3.63) is 21.5 Å². The molecule has 1 unspecified atom stereocenters. The van der Waals surface area contributed by atoms with E-state index in [2.05, 4.69) is 16.9 Å². The summed E-state index contributed by atoms with van der Waals surface area (Å²) in [6.45, 7) is 0.912. The molecule has 0 amide bonds. The summed E-state index contributed by atoms with van der Waals surface area (Å²) >= 11 is 3.85. The van der Waals surface area contributed by atoms with Gasteiger partial charge in [0.15, 0.2) is 0 Å². The molecule has 1 aliphatic rings. The van der Waals surface area contributed by atoms with Crippen LogP contribution in [0.1, 0.15) is 6.42 Å². The maximum atomic E-state index is 13.4. The second-order valence-electron chi connectivity index (χ2n) is 3.82. The molecular formula is C11H14FIN2S. The maximum Gasteiger partial charge on any atom is 0.138 e. The summed E-state index contributed by atoms with van der Waals surface area (Å²) in [4.78, 5) is 0. The summed E-state index contributed by atoms with van der Waals surface area (Å²) in [5.74, 6) is 0.973. The van der Waals surface area contributed by atoms with E-state index in [1.54, 1.807) is 6.07 Å². The monoisotopic (exact) mass is 352 g/mol. The van der Waals surface area contributed by atoms with Crippen LogP contribution in [0.15, 0.2) is 12.1 Å². The van der Waals surface area contributed by atoms with Gasteiger partial charge in [0.25, 0.3) is 0 Å². The Hall–Kier alpha value is -0.170. The van der Waals surface area contributed by atoms with Crippen molar-refractivity contribution >= 4 is 45.7 Å². The molecule has 16 heavy (non-hydrogen) atoms. The van der Waals surface area contributed by atoms with Crippen molar-refractivity contribution in [2.75, 3.05) is 29.2 Å². The van der Waals surface area contributed by atoms with Gasteiger partial charge in [0, 0.05) is 18.7 Å². The summed E-state index contributed by atoms with van der Waals surface area (Å²) in [5, 5.41) is 6.73. The van der Waals surface area contributed by atoms with Gasteiger partial charge in [0.1, 0.15) is 5.82 Å². The quantitative estimate of drug-likeness (QED) is 0.816. The Morgan fingerprint density at radius 3 is 3.06 bits per heavy atom. The number of anilines is 2. The Balaban J connectivity index is 2.11. The SMILES string of the molecule is CSCCC1CNc2cc(I)c(F)cc2N1. The minimum atomic E-state index is -0.154. The predicted octanol–water partition coefficient (Wildman–Crippen LogP) is 3.39. The van der Waals surface area contributed by atoms with E-state index in [9.17, 15) is 4.39 Å². The number of hydrogen-bond donors (Lipinski definition) is 2. The van der Waals surface area contributed by atoms with Crippen LogP contribution >= 0.6 is 34.4 Å². The van der Waals surface area contributed by atoms with Gasteiger partial charge in [-0.3, -0.25) is 0 Å². The zero-order chi connectivity index (χ0) is 11.5. The van der Waals surface area contributed by atoms with Gasteiger partial charge in [-0.25, -0.2) is 4.39 Å².